The Bertz CT molecular complexity index is 488. The Morgan fingerprint density at radius 1 is 1.47 bits per heavy atom. The zero-order valence-corrected chi connectivity index (χ0v) is 9.75. The highest BCUT2D eigenvalue weighted by Gasteiger charge is 2.11. The number of aryl methyl sites for hydroxylation is 1. The van der Waals surface area contributed by atoms with Gasteiger partial charge in [-0.1, -0.05) is 24.6 Å². The van der Waals surface area contributed by atoms with E-state index in [0.717, 1.165) is 17.0 Å². The molecule has 0 aliphatic carbocycles. The normalized spacial score (nSPS) is 13.3. The van der Waals surface area contributed by atoms with E-state index >= 15 is 0 Å². The number of fused-ring (bicyclic) bond motifs is 1. The van der Waals surface area contributed by atoms with E-state index in [1.54, 1.807) is 0 Å². The zero-order valence-electron chi connectivity index (χ0n) is 9.00. The van der Waals surface area contributed by atoms with Gasteiger partial charge in [0.05, 0.1) is 0 Å². The number of halogens is 1. The second kappa shape index (κ2) is 3.87. The van der Waals surface area contributed by atoms with Crippen molar-refractivity contribution in [2.75, 3.05) is 0 Å². The van der Waals surface area contributed by atoms with Crippen molar-refractivity contribution < 1.29 is 0 Å². The highest BCUT2D eigenvalue weighted by Crippen LogP contribution is 2.28. The minimum atomic E-state index is 0.106. The van der Waals surface area contributed by atoms with Crippen LogP contribution in [-0.4, -0.2) is 4.57 Å². The number of nitrogens with zero attached hydrogens (tertiary/aromatic N) is 1. The van der Waals surface area contributed by atoms with Gasteiger partial charge in [-0.2, -0.15) is 0 Å². The van der Waals surface area contributed by atoms with Crippen LogP contribution in [0, 0.1) is 0 Å². The molecule has 0 amide bonds. The summed E-state index contributed by atoms with van der Waals surface area (Å²) in [7, 11) is 2.02. The molecule has 80 valence electrons. The average molecular weight is 223 g/mol. The second-order valence-corrected chi connectivity index (χ2v) is 4.31. The number of hydrogen-bond acceptors (Lipinski definition) is 1. The summed E-state index contributed by atoms with van der Waals surface area (Å²) in [5, 5.41) is 1.97. The van der Waals surface area contributed by atoms with Crippen molar-refractivity contribution in [2.45, 2.75) is 19.4 Å². The van der Waals surface area contributed by atoms with Gasteiger partial charge in [-0.3, -0.25) is 0 Å². The Morgan fingerprint density at radius 3 is 2.87 bits per heavy atom. The van der Waals surface area contributed by atoms with Gasteiger partial charge in [-0.25, -0.2) is 0 Å². The predicted molar refractivity (Wildman–Crippen MR) is 65.1 cm³/mol. The molecule has 0 spiro atoms. The Labute approximate surface area is 94.6 Å². The number of nitrogens with two attached hydrogens (primary N) is 1. The third-order valence-electron chi connectivity index (χ3n) is 2.82. The van der Waals surface area contributed by atoms with Crippen molar-refractivity contribution >= 4 is 22.5 Å². The van der Waals surface area contributed by atoms with Gasteiger partial charge < -0.3 is 10.3 Å². The highest BCUT2D eigenvalue weighted by atomic mass is 35.5. The van der Waals surface area contributed by atoms with Crippen LogP contribution in [0.3, 0.4) is 0 Å². The van der Waals surface area contributed by atoms with Gasteiger partial charge in [-0.15, -0.1) is 0 Å². The van der Waals surface area contributed by atoms with Gasteiger partial charge in [0.1, 0.15) is 0 Å². The number of aromatic nitrogens is 1. The van der Waals surface area contributed by atoms with Crippen LogP contribution < -0.4 is 5.73 Å². The molecule has 1 atom stereocenters. The summed E-state index contributed by atoms with van der Waals surface area (Å²) in [6.07, 6.45) is 3.04. The SMILES string of the molecule is CCC(N)c1cn(C)c2cc(Cl)ccc12. The third-order valence-corrected chi connectivity index (χ3v) is 3.06. The van der Waals surface area contributed by atoms with E-state index in [2.05, 4.69) is 17.7 Å². The van der Waals surface area contributed by atoms with Crippen molar-refractivity contribution in [1.29, 1.82) is 0 Å². The summed E-state index contributed by atoms with van der Waals surface area (Å²) < 4.78 is 2.08. The molecule has 2 rings (SSSR count). The van der Waals surface area contributed by atoms with Crippen LogP contribution in [0.2, 0.25) is 5.02 Å². The summed E-state index contributed by atoms with van der Waals surface area (Å²) in [6.45, 7) is 2.10. The third kappa shape index (κ3) is 1.75. The number of rotatable bonds is 2. The van der Waals surface area contributed by atoms with Crippen LogP contribution in [0.5, 0.6) is 0 Å². The molecule has 2 nitrogen and oxygen atoms in total. The molecular weight excluding hydrogens is 208 g/mol. The van der Waals surface area contributed by atoms with Crippen LogP contribution in [-0.2, 0) is 7.05 Å². The van der Waals surface area contributed by atoms with Crippen molar-refractivity contribution in [2.24, 2.45) is 12.8 Å². The summed E-state index contributed by atoms with van der Waals surface area (Å²) in [4.78, 5) is 0. The Balaban J connectivity index is 2.68. The van der Waals surface area contributed by atoms with Gasteiger partial charge in [-0.05, 0) is 24.1 Å². The van der Waals surface area contributed by atoms with E-state index in [1.165, 1.54) is 10.9 Å². The largest absolute Gasteiger partial charge is 0.350 e. The summed E-state index contributed by atoms with van der Waals surface area (Å²) >= 11 is 5.97. The van der Waals surface area contributed by atoms with Gasteiger partial charge in [0.25, 0.3) is 0 Å². The highest BCUT2D eigenvalue weighted by molar-refractivity contribution is 6.31. The van der Waals surface area contributed by atoms with Crippen LogP contribution in [0.25, 0.3) is 10.9 Å². The molecule has 0 aliphatic rings. The lowest BCUT2D eigenvalue weighted by molar-refractivity contribution is 0.700. The maximum atomic E-state index is 6.07. The zero-order chi connectivity index (χ0) is 11.0. The minimum absolute atomic E-state index is 0.106. The molecule has 3 heteroatoms. The standard InChI is InChI=1S/C12H15ClN2/c1-3-11(14)10-7-15(2)12-6-8(13)4-5-9(10)12/h4-7,11H,3,14H2,1-2H3. The summed E-state index contributed by atoms with van der Waals surface area (Å²) in [6, 6.07) is 6.04. The van der Waals surface area contributed by atoms with E-state index in [4.69, 9.17) is 17.3 Å². The lowest BCUT2D eigenvalue weighted by Crippen LogP contribution is -2.07. The second-order valence-electron chi connectivity index (χ2n) is 3.87. The smallest absolute Gasteiger partial charge is 0.0496 e. The van der Waals surface area contributed by atoms with Crippen molar-refractivity contribution in [1.82, 2.24) is 4.57 Å². The molecule has 0 bridgehead atoms. The summed E-state index contributed by atoms with van der Waals surface area (Å²) in [5.74, 6) is 0. The molecular formula is C12H15ClN2. The van der Waals surface area contributed by atoms with Gasteiger partial charge in [0.15, 0.2) is 0 Å². The molecule has 1 aromatic carbocycles. The number of hydrogen-bond donors (Lipinski definition) is 1. The quantitative estimate of drug-likeness (QED) is 0.831. The fraction of sp³-hybridized carbons (Fsp3) is 0.333. The first-order valence-corrected chi connectivity index (χ1v) is 5.51. The van der Waals surface area contributed by atoms with Crippen molar-refractivity contribution in [3.05, 3.63) is 35.0 Å². The van der Waals surface area contributed by atoms with Gasteiger partial charge in [0, 0.05) is 35.2 Å². The number of benzene rings is 1. The predicted octanol–water partition coefficient (Wildman–Crippen LogP) is 3.24. The van der Waals surface area contributed by atoms with E-state index in [1.807, 2.05) is 25.2 Å². The van der Waals surface area contributed by atoms with E-state index in [9.17, 15) is 0 Å². The van der Waals surface area contributed by atoms with Crippen molar-refractivity contribution in [3.8, 4) is 0 Å². The van der Waals surface area contributed by atoms with E-state index in [0.29, 0.717) is 0 Å². The van der Waals surface area contributed by atoms with Crippen LogP contribution >= 0.6 is 11.6 Å². The molecule has 0 saturated carbocycles. The molecule has 1 unspecified atom stereocenters. The lowest BCUT2D eigenvalue weighted by Gasteiger charge is -2.06. The molecule has 0 aliphatic heterocycles. The lowest BCUT2D eigenvalue weighted by atomic mass is 10.0. The van der Waals surface area contributed by atoms with Crippen LogP contribution in [0.1, 0.15) is 24.9 Å². The first-order chi connectivity index (χ1) is 7.13. The maximum Gasteiger partial charge on any atom is 0.0496 e. The van der Waals surface area contributed by atoms with Crippen LogP contribution in [0.15, 0.2) is 24.4 Å². The van der Waals surface area contributed by atoms with E-state index in [-0.39, 0.29) is 6.04 Å². The molecule has 0 saturated heterocycles. The topological polar surface area (TPSA) is 30.9 Å². The first kappa shape index (κ1) is 10.5. The molecule has 1 aromatic heterocycles. The van der Waals surface area contributed by atoms with Crippen molar-refractivity contribution in [3.63, 3.8) is 0 Å². The maximum absolute atomic E-state index is 6.07. The molecule has 1 heterocycles. The average Bonchev–Trinajstić information content (AvgIpc) is 2.55. The summed E-state index contributed by atoms with van der Waals surface area (Å²) in [5.41, 5.74) is 8.41. The molecule has 2 aromatic rings. The first-order valence-electron chi connectivity index (χ1n) is 5.13. The fourth-order valence-corrected chi connectivity index (χ4v) is 2.07. The molecule has 0 fully saturated rings. The van der Waals surface area contributed by atoms with E-state index < -0.39 is 0 Å². The van der Waals surface area contributed by atoms with Gasteiger partial charge >= 0.3 is 0 Å². The molecule has 2 N–H and O–H groups in total. The minimum Gasteiger partial charge on any atom is -0.350 e. The Hall–Kier alpha value is -0.990. The molecule has 15 heavy (non-hydrogen) atoms. The fourth-order valence-electron chi connectivity index (χ4n) is 1.90. The Kier molecular flexibility index (Phi) is 2.72. The Morgan fingerprint density at radius 2 is 2.20 bits per heavy atom. The molecule has 0 radical (unpaired) electrons. The van der Waals surface area contributed by atoms with Gasteiger partial charge in [0.2, 0.25) is 0 Å². The van der Waals surface area contributed by atoms with Crippen LogP contribution in [0.4, 0.5) is 0 Å². The monoisotopic (exact) mass is 222 g/mol.